The highest BCUT2D eigenvalue weighted by Gasteiger charge is 2.25. The van der Waals surface area contributed by atoms with E-state index in [0.717, 1.165) is 51.9 Å². The molecule has 2 fully saturated rings. The Labute approximate surface area is 97.8 Å². The van der Waals surface area contributed by atoms with Crippen LogP contribution in [0.15, 0.2) is 0 Å². The molecule has 0 unspecified atom stereocenters. The fourth-order valence-corrected chi connectivity index (χ4v) is 2.65. The van der Waals surface area contributed by atoms with E-state index in [2.05, 4.69) is 0 Å². The van der Waals surface area contributed by atoms with Crippen molar-refractivity contribution in [3.8, 4) is 0 Å². The van der Waals surface area contributed by atoms with Gasteiger partial charge in [-0.05, 0) is 25.7 Å². The van der Waals surface area contributed by atoms with E-state index in [0.29, 0.717) is 0 Å². The van der Waals surface area contributed by atoms with E-state index in [1.807, 2.05) is 9.80 Å². The van der Waals surface area contributed by atoms with E-state index >= 15 is 0 Å². The van der Waals surface area contributed by atoms with Crippen LogP contribution in [-0.2, 0) is 0 Å². The maximum atomic E-state index is 12.2. The normalized spacial score (nSPS) is 27.7. The number of carbonyl (C=O) groups is 1. The van der Waals surface area contributed by atoms with Crippen LogP contribution in [0.25, 0.3) is 0 Å². The lowest BCUT2D eigenvalue weighted by Gasteiger charge is -2.34. The number of carbonyl (C=O) groups excluding carboxylic acids is 1. The monoisotopic (exact) mass is 225 g/mol. The van der Waals surface area contributed by atoms with Crippen molar-refractivity contribution in [1.82, 2.24) is 9.80 Å². The topological polar surface area (TPSA) is 49.6 Å². The highest BCUT2D eigenvalue weighted by molar-refractivity contribution is 5.74. The predicted molar refractivity (Wildman–Crippen MR) is 64.2 cm³/mol. The second-order valence-corrected chi connectivity index (χ2v) is 5.03. The summed E-state index contributed by atoms with van der Waals surface area (Å²) in [6.07, 6.45) is 6.97. The Morgan fingerprint density at radius 3 is 2.19 bits per heavy atom. The van der Waals surface area contributed by atoms with Crippen LogP contribution in [0, 0.1) is 0 Å². The third-order valence-electron chi connectivity index (χ3n) is 3.60. The Hall–Kier alpha value is -0.770. The molecule has 4 nitrogen and oxygen atoms in total. The number of piperidine rings is 1. The molecule has 92 valence electrons. The molecule has 0 aromatic carbocycles. The van der Waals surface area contributed by atoms with Crippen molar-refractivity contribution in [2.24, 2.45) is 5.73 Å². The zero-order valence-corrected chi connectivity index (χ0v) is 10.0. The Balaban J connectivity index is 1.89. The van der Waals surface area contributed by atoms with Crippen LogP contribution in [0.2, 0.25) is 0 Å². The minimum atomic E-state index is 0.185. The van der Waals surface area contributed by atoms with Gasteiger partial charge in [-0.25, -0.2) is 4.79 Å². The zero-order valence-electron chi connectivity index (χ0n) is 10.0. The van der Waals surface area contributed by atoms with Gasteiger partial charge >= 0.3 is 6.03 Å². The molecule has 0 aliphatic carbocycles. The van der Waals surface area contributed by atoms with E-state index in [4.69, 9.17) is 5.73 Å². The molecule has 16 heavy (non-hydrogen) atoms. The van der Waals surface area contributed by atoms with Crippen LogP contribution in [0.4, 0.5) is 4.79 Å². The van der Waals surface area contributed by atoms with Crippen LogP contribution in [0.3, 0.4) is 0 Å². The standard InChI is InChI=1S/C12H23N3O/c13-11-6-5-9-15(10-11)12(16)14-7-3-1-2-4-8-14/h11H,1-10,13H2/t11-/m1/s1. The number of urea groups is 1. The largest absolute Gasteiger partial charge is 0.326 e. The molecular formula is C12H23N3O. The maximum Gasteiger partial charge on any atom is 0.320 e. The molecule has 0 spiro atoms. The number of amides is 2. The SMILES string of the molecule is N[C@@H]1CCCN(C(=O)N2CCCCCC2)C1. The molecule has 1 atom stereocenters. The van der Waals surface area contributed by atoms with Gasteiger partial charge in [-0.2, -0.15) is 0 Å². The van der Waals surface area contributed by atoms with Gasteiger partial charge in [0.05, 0.1) is 0 Å². The minimum absolute atomic E-state index is 0.185. The third kappa shape index (κ3) is 2.88. The number of nitrogens with two attached hydrogens (primary N) is 1. The first-order chi connectivity index (χ1) is 7.77. The summed E-state index contributed by atoms with van der Waals surface area (Å²) in [5.74, 6) is 0. The van der Waals surface area contributed by atoms with Crippen molar-refractivity contribution in [1.29, 1.82) is 0 Å². The van der Waals surface area contributed by atoms with Gasteiger partial charge < -0.3 is 15.5 Å². The molecule has 2 aliphatic heterocycles. The van der Waals surface area contributed by atoms with Crippen molar-refractivity contribution in [2.45, 2.75) is 44.6 Å². The highest BCUT2D eigenvalue weighted by Crippen LogP contribution is 2.15. The van der Waals surface area contributed by atoms with Crippen molar-refractivity contribution < 1.29 is 4.79 Å². The summed E-state index contributed by atoms with van der Waals surface area (Å²) in [5.41, 5.74) is 5.91. The van der Waals surface area contributed by atoms with E-state index < -0.39 is 0 Å². The van der Waals surface area contributed by atoms with Crippen LogP contribution in [-0.4, -0.2) is 48.1 Å². The summed E-state index contributed by atoms with van der Waals surface area (Å²) in [4.78, 5) is 16.2. The van der Waals surface area contributed by atoms with E-state index in [1.165, 1.54) is 12.8 Å². The summed E-state index contributed by atoms with van der Waals surface area (Å²) < 4.78 is 0. The third-order valence-corrected chi connectivity index (χ3v) is 3.60. The first-order valence-electron chi connectivity index (χ1n) is 6.57. The Kier molecular flexibility index (Phi) is 4.04. The summed E-state index contributed by atoms with van der Waals surface area (Å²) in [7, 11) is 0. The smallest absolute Gasteiger partial charge is 0.320 e. The summed E-state index contributed by atoms with van der Waals surface area (Å²) >= 11 is 0. The van der Waals surface area contributed by atoms with Crippen LogP contribution < -0.4 is 5.73 Å². The van der Waals surface area contributed by atoms with E-state index in [-0.39, 0.29) is 12.1 Å². The fourth-order valence-electron chi connectivity index (χ4n) is 2.65. The molecule has 0 bridgehead atoms. The maximum absolute atomic E-state index is 12.2. The molecule has 0 saturated carbocycles. The molecule has 2 N–H and O–H groups in total. The number of hydrogen-bond donors (Lipinski definition) is 1. The van der Waals surface area contributed by atoms with E-state index in [9.17, 15) is 4.79 Å². The molecule has 2 rings (SSSR count). The molecule has 2 heterocycles. The number of hydrogen-bond acceptors (Lipinski definition) is 2. The Bertz CT molecular complexity index is 232. The molecule has 0 aromatic heterocycles. The van der Waals surface area contributed by atoms with E-state index in [1.54, 1.807) is 0 Å². The van der Waals surface area contributed by atoms with Crippen molar-refractivity contribution in [3.63, 3.8) is 0 Å². The Morgan fingerprint density at radius 1 is 0.938 bits per heavy atom. The lowest BCUT2D eigenvalue weighted by molar-refractivity contribution is 0.140. The number of rotatable bonds is 0. The van der Waals surface area contributed by atoms with Gasteiger partial charge in [0, 0.05) is 32.2 Å². The first-order valence-corrected chi connectivity index (χ1v) is 6.57. The highest BCUT2D eigenvalue weighted by atomic mass is 16.2. The lowest BCUT2D eigenvalue weighted by atomic mass is 10.1. The van der Waals surface area contributed by atoms with Crippen LogP contribution >= 0.6 is 0 Å². The zero-order chi connectivity index (χ0) is 11.4. The predicted octanol–water partition coefficient (Wildman–Crippen LogP) is 1.41. The van der Waals surface area contributed by atoms with Crippen molar-refractivity contribution in [2.75, 3.05) is 26.2 Å². The first kappa shape index (κ1) is 11.7. The molecule has 0 aromatic rings. The molecule has 4 heteroatoms. The fraction of sp³-hybridized carbons (Fsp3) is 0.917. The molecule has 2 aliphatic rings. The lowest BCUT2D eigenvalue weighted by Crippen LogP contribution is -2.51. The summed E-state index contributed by atoms with van der Waals surface area (Å²) in [6, 6.07) is 0.404. The summed E-state index contributed by atoms with van der Waals surface area (Å²) in [5, 5.41) is 0. The Morgan fingerprint density at radius 2 is 1.56 bits per heavy atom. The minimum Gasteiger partial charge on any atom is -0.326 e. The van der Waals surface area contributed by atoms with Gasteiger partial charge in [-0.15, -0.1) is 0 Å². The second-order valence-electron chi connectivity index (χ2n) is 5.03. The van der Waals surface area contributed by atoms with Crippen LogP contribution in [0.1, 0.15) is 38.5 Å². The van der Waals surface area contributed by atoms with Gasteiger partial charge in [0.25, 0.3) is 0 Å². The molecular weight excluding hydrogens is 202 g/mol. The van der Waals surface area contributed by atoms with Gasteiger partial charge in [-0.3, -0.25) is 0 Å². The molecule has 0 radical (unpaired) electrons. The second kappa shape index (κ2) is 5.53. The average Bonchev–Trinajstić information content (AvgIpc) is 2.56. The van der Waals surface area contributed by atoms with Gasteiger partial charge in [0.2, 0.25) is 0 Å². The number of nitrogens with zero attached hydrogens (tertiary/aromatic N) is 2. The summed E-state index contributed by atoms with van der Waals surface area (Å²) in [6.45, 7) is 3.51. The van der Waals surface area contributed by atoms with Crippen molar-refractivity contribution >= 4 is 6.03 Å². The molecule has 2 amide bonds. The molecule has 2 saturated heterocycles. The quantitative estimate of drug-likeness (QED) is 0.677. The van der Waals surface area contributed by atoms with Crippen LogP contribution in [0.5, 0.6) is 0 Å². The van der Waals surface area contributed by atoms with Crippen molar-refractivity contribution in [3.05, 3.63) is 0 Å². The van der Waals surface area contributed by atoms with Gasteiger partial charge in [0.1, 0.15) is 0 Å². The number of likely N-dealkylation sites (tertiary alicyclic amines) is 2. The average molecular weight is 225 g/mol. The van der Waals surface area contributed by atoms with Gasteiger partial charge in [-0.1, -0.05) is 12.8 Å². The van der Waals surface area contributed by atoms with Gasteiger partial charge in [0.15, 0.2) is 0 Å².